The molecule has 7 heteroatoms. The summed E-state index contributed by atoms with van der Waals surface area (Å²) in [7, 11) is -3.20. The maximum absolute atomic E-state index is 12.5. The Kier molecular flexibility index (Phi) is 9.38. The highest BCUT2D eigenvalue weighted by atomic mass is 32.2. The number of benzene rings is 2. The molecule has 0 heterocycles. The van der Waals surface area contributed by atoms with Crippen molar-refractivity contribution in [1.82, 2.24) is 0 Å². The average molecular weight is 425 g/mol. The lowest BCUT2D eigenvalue weighted by Crippen LogP contribution is -2.08. The van der Waals surface area contributed by atoms with Crippen molar-refractivity contribution in [3.05, 3.63) is 59.7 Å². The Labute approximate surface area is 171 Å². The van der Waals surface area contributed by atoms with Crippen LogP contribution in [0.15, 0.2) is 48.5 Å². The van der Waals surface area contributed by atoms with Gasteiger partial charge >= 0.3 is 0 Å². The summed E-state index contributed by atoms with van der Waals surface area (Å²) >= 11 is 3.58. The summed E-state index contributed by atoms with van der Waals surface area (Å²) in [6.45, 7) is 1.81. The molecule has 0 radical (unpaired) electrons. The summed E-state index contributed by atoms with van der Waals surface area (Å²) in [5.41, 5.74) is 3.69. The van der Waals surface area contributed by atoms with E-state index in [0.717, 1.165) is 47.1 Å². The molecule has 0 unspecified atom stereocenters. The third-order valence-electron chi connectivity index (χ3n) is 3.95. The predicted molar refractivity (Wildman–Crippen MR) is 123 cm³/mol. The molecule has 0 saturated carbocycles. The molecular formula is C20H28N2O2S3. The Morgan fingerprint density at radius 1 is 0.704 bits per heavy atom. The Hall–Kier alpha value is -1.31. The highest BCUT2D eigenvalue weighted by molar-refractivity contribution is 7.98. The molecule has 2 N–H and O–H groups in total. The van der Waals surface area contributed by atoms with Gasteiger partial charge in [0.25, 0.3) is 0 Å². The van der Waals surface area contributed by atoms with Crippen molar-refractivity contribution in [3.8, 4) is 0 Å². The van der Waals surface area contributed by atoms with Gasteiger partial charge in [0.1, 0.15) is 0 Å². The molecule has 0 bridgehead atoms. The molecular weight excluding hydrogens is 396 g/mol. The van der Waals surface area contributed by atoms with Gasteiger partial charge in [0.2, 0.25) is 0 Å². The lowest BCUT2D eigenvalue weighted by Gasteiger charge is -2.09. The molecule has 0 aromatic heterocycles. The summed E-state index contributed by atoms with van der Waals surface area (Å²) in [6, 6.07) is 15.3. The van der Waals surface area contributed by atoms with Crippen LogP contribution in [0.1, 0.15) is 11.1 Å². The van der Waals surface area contributed by atoms with Gasteiger partial charge in [0.15, 0.2) is 9.84 Å². The first-order chi connectivity index (χ1) is 13.0. The third-order valence-corrected chi connectivity index (χ3v) is 6.72. The normalized spacial score (nSPS) is 11.3. The smallest absolute Gasteiger partial charge is 0.158 e. The molecule has 2 rings (SSSR count). The van der Waals surface area contributed by atoms with Gasteiger partial charge in [0, 0.05) is 36.0 Å². The lowest BCUT2D eigenvalue weighted by atomic mass is 10.2. The second-order valence-electron chi connectivity index (χ2n) is 6.27. The van der Waals surface area contributed by atoms with E-state index < -0.39 is 9.84 Å². The van der Waals surface area contributed by atoms with Crippen molar-refractivity contribution in [3.63, 3.8) is 0 Å². The van der Waals surface area contributed by atoms with Crippen LogP contribution in [0, 0.1) is 0 Å². The number of sulfone groups is 1. The zero-order chi connectivity index (χ0) is 19.5. The fourth-order valence-electron chi connectivity index (χ4n) is 2.59. The van der Waals surface area contributed by atoms with Crippen LogP contribution in [0.2, 0.25) is 0 Å². The Bertz CT molecular complexity index is 714. The summed E-state index contributed by atoms with van der Waals surface area (Å²) < 4.78 is 25.0. The largest absolute Gasteiger partial charge is 0.384 e. The minimum atomic E-state index is -3.20. The first-order valence-corrected chi connectivity index (χ1v) is 13.5. The first-order valence-electron chi connectivity index (χ1n) is 8.86. The minimum Gasteiger partial charge on any atom is -0.384 e. The molecule has 0 amide bonds. The molecule has 27 heavy (non-hydrogen) atoms. The fraction of sp³-hybridized carbons (Fsp3) is 0.400. The number of hydrogen-bond donors (Lipinski definition) is 2. The van der Waals surface area contributed by atoms with Gasteiger partial charge in [-0.25, -0.2) is 8.42 Å². The molecule has 2 aromatic rings. The number of rotatable bonds is 12. The number of anilines is 2. The molecule has 0 atom stereocenters. The number of nitrogens with one attached hydrogen (secondary N) is 2. The zero-order valence-electron chi connectivity index (χ0n) is 15.9. The van der Waals surface area contributed by atoms with Crippen LogP contribution in [0.4, 0.5) is 11.4 Å². The minimum absolute atomic E-state index is 0.0613. The van der Waals surface area contributed by atoms with E-state index in [1.807, 2.05) is 48.5 Å². The molecule has 2 aromatic carbocycles. The molecule has 0 aliphatic heterocycles. The summed E-state index contributed by atoms with van der Waals surface area (Å²) in [5, 5.41) is 6.64. The van der Waals surface area contributed by atoms with Crippen LogP contribution in [0.3, 0.4) is 0 Å². The van der Waals surface area contributed by atoms with Crippen LogP contribution >= 0.6 is 23.5 Å². The maximum Gasteiger partial charge on any atom is 0.158 e. The van der Waals surface area contributed by atoms with E-state index in [-0.39, 0.29) is 11.5 Å². The van der Waals surface area contributed by atoms with E-state index in [1.165, 1.54) is 0 Å². The van der Waals surface area contributed by atoms with Crippen molar-refractivity contribution >= 4 is 44.7 Å². The summed E-state index contributed by atoms with van der Waals surface area (Å²) in [4.78, 5) is 0. The van der Waals surface area contributed by atoms with Crippen LogP contribution in [0.25, 0.3) is 0 Å². The van der Waals surface area contributed by atoms with Gasteiger partial charge in [-0.3, -0.25) is 0 Å². The molecule has 0 spiro atoms. The Balaban J connectivity index is 1.88. The van der Waals surface area contributed by atoms with Gasteiger partial charge in [-0.1, -0.05) is 24.3 Å². The first kappa shape index (κ1) is 22.0. The van der Waals surface area contributed by atoms with Crippen LogP contribution in [-0.4, -0.2) is 45.5 Å². The molecule has 148 valence electrons. The van der Waals surface area contributed by atoms with Gasteiger partial charge < -0.3 is 10.6 Å². The van der Waals surface area contributed by atoms with Crippen molar-refractivity contribution in [2.24, 2.45) is 0 Å². The monoisotopic (exact) mass is 424 g/mol. The zero-order valence-corrected chi connectivity index (χ0v) is 18.4. The highest BCUT2D eigenvalue weighted by Gasteiger charge is 2.13. The predicted octanol–water partition coefficient (Wildman–Crippen LogP) is 4.35. The Morgan fingerprint density at radius 3 is 1.41 bits per heavy atom. The second kappa shape index (κ2) is 11.5. The van der Waals surface area contributed by atoms with Gasteiger partial charge in [-0.05, 0) is 47.9 Å². The van der Waals surface area contributed by atoms with Crippen LogP contribution in [-0.2, 0) is 21.3 Å². The molecule has 0 fully saturated rings. The number of hydrogen-bond acceptors (Lipinski definition) is 6. The van der Waals surface area contributed by atoms with E-state index in [1.54, 1.807) is 23.5 Å². The van der Waals surface area contributed by atoms with Crippen molar-refractivity contribution in [2.45, 2.75) is 11.5 Å². The highest BCUT2D eigenvalue weighted by Crippen LogP contribution is 2.17. The maximum atomic E-state index is 12.5. The molecule has 0 aliphatic carbocycles. The van der Waals surface area contributed by atoms with Gasteiger partial charge in [-0.2, -0.15) is 23.5 Å². The second-order valence-corrected chi connectivity index (χ2v) is 10.3. The van der Waals surface area contributed by atoms with E-state index in [9.17, 15) is 8.42 Å². The van der Waals surface area contributed by atoms with Gasteiger partial charge in [0.05, 0.1) is 11.5 Å². The van der Waals surface area contributed by atoms with Crippen molar-refractivity contribution < 1.29 is 8.42 Å². The van der Waals surface area contributed by atoms with Crippen molar-refractivity contribution in [1.29, 1.82) is 0 Å². The molecule has 4 nitrogen and oxygen atoms in total. The SMILES string of the molecule is CSCCNc1ccc(CS(=O)(=O)Cc2ccc(NCCSC)cc2)cc1. The standard InChI is InChI=1S/C20H28N2O2S3/c1-25-13-11-21-19-7-3-17(4-8-19)15-27(23,24)16-18-5-9-20(10-6-18)22-12-14-26-2/h3-10,21-22H,11-16H2,1-2H3. The van der Waals surface area contributed by atoms with Crippen LogP contribution < -0.4 is 10.6 Å². The summed E-state index contributed by atoms with van der Waals surface area (Å²) in [5.74, 6) is 2.21. The van der Waals surface area contributed by atoms with Crippen LogP contribution in [0.5, 0.6) is 0 Å². The Morgan fingerprint density at radius 2 is 1.07 bits per heavy atom. The quantitative estimate of drug-likeness (QED) is 0.494. The van der Waals surface area contributed by atoms with Gasteiger partial charge in [-0.15, -0.1) is 0 Å². The molecule has 0 aliphatic rings. The van der Waals surface area contributed by atoms with E-state index in [4.69, 9.17) is 0 Å². The number of thioether (sulfide) groups is 2. The van der Waals surface area contributed by atoms with E-state index in [0.29, 0.717) is 0 Å². The topological polar surface area (TPSA) is 58.2 Å². The van der Waals surface area contributed by atoms with E-state index in [2.05, 4.69) is 23.1 Å². The lowest BCUT2D eigenvalue weighted by molar-refractivity contribution is 0.594. The average Bonchev–Trinajstić information content (AvgIpc) is 2.64. The van der Waals surface area contributed by atoms with Crippen molar-refractivity contribution in [2.75, 3.05) is 47.7 Å². The summed E-state index contributed by atoms with van der Waals surface area (Å²) in [6.07, 6.45) is 4.15. The third kappa shape index (κ3) is 8.49. The van der Waals surface area contributed by atoms with E-state index >= 15 is 0 Å². The molecule has 0 saturated heterocycles. The fourth-order valence-corrected chi connectivity index (χ4v) is 4.71.